The van der Waals surface area contributed by atoms with Crippen LogP contribution in [0.4, 0.5) is 5.88 Å². The normalized spacial score (nSPS) is 15.2. The van der Waals surface area contributed by atoms with Crippen LogP contribution in [0.2, 0.25) is 0 Å². The number of aromatic nitrogens is 1. The van der Waals surface area contributed by atoms with Crippen LogP contribution in [0, 0.1) is 6.92 Å². The van der Waals surface area contributed by atoms with Crippen LogP contribution in [0.25, 0.3) is 11.5 Å². The summed E-state index contributed by atoms with van der Waals surface area (Å²) >= 11 is 3.34. The first-order valence-electron chi connectivity index (χ1n) is 10.1. The minimum absolute atomic E-state index is 0.104. The maximum atomic E-state index is 13.3. The molecule has 0 aliphatic carbocycles. The van der Waals surface area contributed by atoms with E-state index in [0.29, 0.717) is 19.8 Å². The van der Waals surface area contributed by atoms with Crippen molar-refractivity contribution in [2.45, 2.75) is 16.8 Å². The lowest BCUT2D eigenvalue weighted by atomic mass is 10.1. The van der Waals surface area contributed by atoms with Crippen LogP contribution in [-0.4, -0.2) is 57.7 Å². The monoisotopic (exact) mass is 505 g/mol. The molecule has 164 valence electrons. The fourth-order valence-corrected chi connectivity index (χ4v) is 4.84. The predicted molar refractivity (Wildman–Crippen MR) is 122 cm³/mol. The lowest BCUT2D eigenvalue weighted by Gasteiger charge is -2.26. The van der Waals surface area contributed by atoms with E-state index >= 15 is 0 Å². The van der Waals surface area contributed by atoms with Gasteiger partial charge in [-0.15, -0.1) is 0 Å². The van der Waals surface area contributed by atoms with E-state index in [4.69, 9.17) is 9.15 Å². The fraction of sp³-hybridized carbons (Fsp3) is 0.318. The maximum Gasteiger partial charge on any atom is 0.233 e. The smallest absolute Gasteiger partial charge is 0.233 e. The Kier molecular flexibility index (Phi) is 6.76. The highest BCUT2D eigenvalue weighted by Gasteiger charge is 2.28. The third kappa shape index (κ3) is 5.17. The average molecular weight is 506 g/mol. The third-order valence-electron chi connectivity index (χ3n) is 5.09. The van der Waals surface area contributed by atoms with Gasteiger partial charge in [0, 0.05) is 36.2 Å². The number of sulfone groups is 1. The van der Waals surface area contributed by atoms with Crippen LogP contribution in [0.1, 0.15) is 5.56 Å². The number of morpholine rings is 1. The summed E-state index contributed by atoms with van der Waals surface area (Å²) in [6.07, 6.45) is 0. The first kappa shape index (κ1) is 22.0. The number of nitrogens with one attached hydrogen (secondary N) is 1. The topological polar surface area (TPSA) is 84.7 Å². The van der Waals surface area contributed by atoms with Gasteiger partial charge in [-0.3, -0.25) is 4.90 Å². The van der Waals surface area contributed by atoms with Crippen LogP contribution in [-0.2, 0) is 14.6 Å². The number of hydrogen-bond acceptors (Lipinski definition) is 7. The van der Waals surface area contributed by atoms with Gasteiger partial charge in [-0.05, 0) is 43.3 Å². The molecule has 0 atom stereocenters. The third-order valence-corrected chi connectivity index (χ3v) is 7.30. The van der Waals surface area contributed by atoms with Gasteiger partial charge in [0.05, 0.1) is 18.1 Å². The zero-order valence-electron chi connectivity index (χ0n) is 17.2. The van der Waals surface area contributed by atoms with Crippen molar-refractivity contribution in [2.75, 3.05) is 44.7 Å². The lowest BCUT2D eigenvalue weighted by Crippen LogP contribution is -2.39. The van der Waals surface area contributed by atoms with Crippen LogP contribution < -0.4 is 5.32 Å². The van der Waals surface area contributed by atoms with Crippen molar-refractivity contribution in [3.63, 3.8) is 0 Å². The van der Waals surface area contributed by atoms with Gasteiger partial charge in [-0.2, -0.15) is 4.98 Å². The summed E-state index contributed by atoms with van der Waals surface area (Å²) in [7, 11) is -3.86. The van der Waals surface area contributed by atoms with E-state index in [0.717, 1.165) is 35.2 Å². The first-order chi connectivity index (χ1) is 14.9. The molecular formula is C22H24BrN3O4S. The second-order valence-electron chi connectivity index (χ2n) is 7.36. The molecule has 0 spiro atoms. The molecule has 1 N–H and O–H groups in total. The van der Waals surface area contributed by atoms with E-state index in [2.05, 4.69) is 31.1 Å². The van der Waals surface area contributed by atoms with Gasteiger partial charge < -0.3 is 14.5 Å². The van der Waals surface area contributed by atoms with E-state index in [9.17, 15) is 8.42 Å². The summed E-state index contributed by atoms with van der Waals surface area (Å²) in [5, 5.41) is 3.04. The Balaban J connectivity index is 1.64. The molecule has 7 nitrogen and oxygen atoms in total. The highest BCUT2D eigenvalue weighted by atomic mass is 79.9. The standard InChI is InChI=1S/C22H24BrN3O4S/c1-16-2-4-17(5-3-16)20-25-22(31(27,28)19-8-6-18(23)7-9-19)21(30-20)24-10-11-26-12-14-29-15-13-26/h2-9,24H,10-15H2,1H3. The average Bonchev–Trinajstić information content (AvgIpc) is 3.20. The maximum absolute atomic E-state index is 13.3. The molecule has 1 fully saturated rings. The molecule has 0 amide bonds. The van der Waals surface area contributed by atoms with E-state index < -0.39 is 9.84 Å². The minimum atomic E-state index is -3.86. The second kappa shape index (κ2) is 9.52. The Labute approximate surface area is 190 Å². The molecule has 1 aliphatic rings. The van der Waals surface area contributed by atoms with Crippen molar-refractivity contribution in [1.29, 1.82) is 0 Å². The van der Waals surface area contributed by atoms with E-state index in [-0.39, 0.29) is 21.7 Å². The Morgan fingerprint density at radius 3 is 2.42 bits per heavy atom. The molecule has 0 radical (unpaired) electrons. The first-order valence-corrected chi connectivity index (χ1v) is 12.3. The Morgan fingerprint density at radius 1 is 1.06 bits per heavy atom. The SMILES string of the molecule is Cc1ccc(-c2nc(S(=O)(=O)c3ccc(Br)cc3)c(NCCN3CCOCC3)o2)cc1. The fourth-order valence-electron chi connectivity index (χ4n) is 3.30. The van der Waals surface area contributed by atoms with Crippen LogP contribution in [0.5, 0.6) is 0 Å². The van der Waals surface area contributed by atoms with Crippen molar-refractivity contribution in [3.05, 3.63) is 58.6 Å². The van der Waals surface area contributed by atoms with Crippen molar-refractivity contribution < 1.29 is 17.6 Å². The van der Waals surface area contributed by atoms with Gasteiger partial charge in [0.25, 0.3) is 0 Å². The molecule has 2 aromatic carbocycles. The molecule has 4 rings (SSSR count). The van der Waals surface area contributed by atoms with Crippen molar-refractivity contribution in [1.82, 2.24) is 9.88 Å². The van der Waals surface area contributed by atoms with Gasteiger partial charge in [0.1, 0.15) is 0 Å². The Bertz CT molecular complexity index is 1120. The highest BCUT2D eigenvalue weighted by Crippen LogP contribution is 2.32. The molecule has 0 unspecified atom stereocenters. The number of anilines is 1. The van der Waals surface area contributed by atoms with Crippen molar-refractivity contribution >= 4 is 31.7 Å². The zero-order valence-corrected chi connectivity index (χ0v) is 19.6. The molecule has 1 aromatic heterocycles. The number of rotatable bonds is 7. The largest absolute Gasteiger partial charge is 0.419 e. The molecule has 1 aliphatic heterocycles. The number of benzene rings is 2. The number of hydrogen-bond donors (Lipinski definition) is 1. The number of nitrogens with zero attached hydrogens (tertiary/aromatic N) is 2. The molecule has 0 saturated carbocycles. The Hall–Kier alpha value is -2.20. The summed E-state index contributed by atoms with van der Waals surface area (Å²) < 4.78 is 38.7. The summed E-state index contributed by atoms with van der Waals surface area (Å²) in [5.41, 5.74) is 1.82. The summed E-state index contributed by atoms with van der Waals surface area (Å²) in [5.74, 6) is 0.427. The highest BCUT2D eigenvalue weighted by molar-refractivity contribution is 9.10. The lowest BCUT2D eigenvalue weighted by molar-refractivity contribution is 0.0398. The van der Waals surface area contributed by atoms with Crippen LogP contribution >= 0.6 is 15.9 Å². The molecule has 1 saturated heterocycles. The van der Waals surface area contributed by atoms with Crippen molar-refractivity contribution in [2.24, 2.45) is 0 Å². The molecule has 31 heavy (non-hydrogen) atoms. The molecule has 3 aromatic rings. The predicted octanol–water partition coefficient (Wildman–Crippen LogP) is 3.99. The van der Waals surface area contributed by atoms with E-state index in [1.807, 2.05) is 31.2 Å². The number of ether oxygens (including phenoxy) is 1. The van der Waals surface area contributed by atoms with Gasteiger partial charge in [-0.1, -0.05) is 33.6 Å². The molecule has 2 heterocycles. The van der Waals surface area contributed by atoms with Crippen LogP contribution in [0.3, 0.4) is 0 Å². The van der Waals surface area contributed by atoms with Crippen molar-refractivity contribution in [3.8, 4) is 11.5 Å². The Morgan fingerprint density at radius 2 is 1.74 bits per heavy atom. The quantitative estimate of drug-likeness (QED) is 0.519. The van der Waals surface area contributed by atoms with Gasteiger partial charge in [0.2, 0.25) is 26.6 Å². The van der Waals surface area contributed by atoms with Gasteiger partial charge >= 0.3 is 0 Å². The van der Waals surface area contributed by atoms with E-state index in [1.165, 1.54) is 0 Å². The summed E-state index contributed by atoms with van der Waals surface area (Å²) in [6.45, 7) is 6.41. The summed E-state index contributed by atoms with van der Waals surface area (Å²) in [6, 6.07) is 14.1. The molecule has 0 bridgehead atoms. The number of halogens is 1. The summed E-state index contributed by atoms with van der Waals surface area (Å²) in [4.78, 5) is 6.81. The van der Waals surface area contributed by atoms with Gasteiger partial charge in [0.15, 0.2) is 0 Å². The number of oxazole rings is 1. The zero-order chi connectivity index (χ0) is 21.8. The number of aryl methyl sites for hydroxylation is 1. The minimum Gasteiger partial charge on any atom is -0.419 e. The molecule has 9 heteroatoms. The second-order valence-corrected chi connectivity index (χ2v) is 10.1. The van der Waals surface area contributed by atoms with E-state index in [1.54, 1.807) is 24.3 Å². The van der Waals surface area contributed by atoms with Crippen LogP contribution in [0.15, 0.2) is 67.3 Å². The van der Waals surface area contributed by atoms with Gasteiger partial charge in [-0.25, -0.2) is 8.42 Å². The molecular weight excluding hydrogens is 482 g/mol.